The van der Waals surface area contributed by atoms with Crippen LogP contribution >= 0.6 is 0 Å². The molecule has 0 aliphatic carbocycles. The maximum Gasteiger partial charge on any atom is 0.238 e. The van der Waals surface area contributed by atoms with Crippen molar-refractivity contribution in [2.24, 2.45) is 0 Å². The lowest BCUT2D eigenvalue weighted by atomic mass is 9.96. The average molecular weight is 620 g/mol. The Balaban J connectivity index is 1.27. The highest BCUT2D eigenvalue weighted by molar-refractivity contribution is 6.15. The zero-order valence-corrected chi connectivity index (χ0v) is 25.3. The van der Waals surface area contributed by atoms with Crippen LogP contribution in [0.2, 0.25) is 0 Å². The van der Waals surface area contributed by atoms with Gasteiger partial charge in [-0.1, -0.05) is 127 Å². The van der Waals surface area contributed by atoms with E-state index in [1.807, 2.05) is 95.6 Å². The Bertz CT molecular complexity index is 3070. The Kier molecular flexibility index (Phi) is 4.81. The van der Waals surface area contributed by atoms with Gasteiger partial charge >= 0.3 is 0 Å². The van der Waals surface area contributed by atoms with Crippen LogP contribution < -0.4 is 0 Å². The third-order valence-electron chi connectivity index (χ3n) is 8.95. The molecule has 224 valence electrons. The number of rotatable bonds is 4. The highest BCUT2D eigenvalue weighted by Crippen LogP contribution is 2.41. The van der Waals surface area contributed by atoms with Crippen LogP contribution in [0, 0.1) is 0 Å². The van der Waals surface area contributed by atoms with Crippen molar-refractivity contribution in [3.05, 3.63) is 158 Å². The van der Waals surface area contributed by atoms with E-state index in [0.717, 1.165) is 54.5 Å². The van der Waals surface area contributed by atoms with Crippen molar-refractivity contribution in [3.63, 3.8) is 0 Å². The van der Waals surface area contributed by atoms with Crippen molar-refractivity contribution in [2.45, 2.75) is 0 Å². The molecule has 5 nitrogen and oxygen atoms in total. The van der Waals surface area contributed by atoms with Crippen molar-refractivity contribution < 1.29 is 11.3 Å². The molecule has 3 aromatic heterocycles. The van der Waals surface area contributed by atoms with E-state index in [4.69, 9.17) is 26.2 Å². The Morgan fingerprint density at radius 3 is 2.00 bits per heavy atom. The van der Waals surface area contributed by atoms with Crippen LogP contribution in [-0.2, 0) is 0 Å². The molecule has 0 bridgehead atoms. The smallest absolute Gasteiger partial charge is 0.238 e. The summed E-state index contributed by atoms with van der Waals surface area (Å²) in [7, 11) is 0. The van der Waals surface area contributed by atoms with Crippen LogP contribution in [-0.4, -0.2) is 19.5 Å². The van der Waals surface area contributed by atoms with Crippen LogP contribution in [0.1, 0.15) is 6.85 Å². The molecule has 0 N–H and O–H groups in total. The molecule has 0 atom stereocenters. The summed E-state index contributed by atoms with van der Waals surface area (Å²) in [5, 5.41) is 6.10. The second kappa shape index (κ2) is 10.5. The molecule has 0 unspecified atom stereocenters. The van der Waals surface area contributed by atoms with E-state index in [2.05, 4.69) is 36.4 Å². The van der Waals surface area contributed by atoms with Crippen LogP contribution in [0.5, 0.6) is 0 Å². The molecule has 3 heterocycles. The maximum absolute atomic E-state index is 8.82. The normalized spacial score (nSPS) is 13.2. The second-order valence-electron chi connectivity index (χ2n) is 11.7. The van der Waals surface area contributed by atoms with Crippen molar-refractivity contribution in [3.8, 4) is 39.9 Å². The summed E-state index contributed by atoms with van der Waals surface area (Å²) >= 11 is 0. The molecule has 7 aromatic carbocycles. The zero-order chi connectivity index (χ0) is 36.0. The fraction of sp³-hybridized carbons (Fsp3) is 0. The van der Waals surface area contributed by atoms with Crippen LogP contribution in [0.4, 0.5) is 0 Å². The molecule has 0 saturated heterocycles. The lowest BCUT2D eigenvalue weighted by Gasteiger charge is -2.11. The molecule has 10 aromatic rings. The van der Waals surface area contributed by atoms with Gasteiger partial charge in [0, 0.05) is 27.1 Å². The SMILES string of the molecule is [2H]c1c([2H])c([2H])c(-c2nc(-c3cccc4c3oc3cccc(-c5ccc6ccccc6c5)c34)nc(-n3c4ccccc4c4ccccc43)n2)c([2H])c1[2H]. The molecule has 0 spiro atoms. The molecule has 0 aliphatic rings. The summed E-state index contributed by atoms with van der Waals surface area (Å²) in [5.41, 5.74) is 5.48. The molecule has 0 radical (unpaired) electrons. The Hall–Kier alpha value is -6.59. The molecular weight excluding hydrogens is 589 g/mol. The van der Waals surface area contributed by atoms with Gasteiger partial charge in [-0.3, -0.25) is 4.57 Å². The summed E-state index contributed by atoms with van der Waals surface area (Å²) in [6.45, 7) is 0. The maximum atomic E-state index is 8.82. The van der Waals surface area contributed by atoms with E-state index in [9.17, 15) is 0 Å². The van der Waals surface area contributed by atoms with Gasteiger partial charge in [0.05, 0.1) is 23.5 Å². The third kappa shape index (κ3) is 4.08. The molecule has 10 rings (SSSR count). The van der Waals surface area contributed by atoms with Gasteiger partial charge in [-0.05, 0) is 52.2 Å². The minimum absolute atomic E-state index is 0.0474. The quantitative estimate of drug-likeness (QED) is 0.197. The molecule has 0 amide bonds. The van der Waals surface area contributed by atoms with Gasteiger partial charge in [-0.15, -0.1) is 0 Å². The van der Waals surface area contributed by atoms with Gasteiger partial charge in [-0.25, -0.2) is 4.98 Å². The number of fused-ring (bicyclic) bond motifs is 7. The predicted octanol–water partition coefficient (Wildman–Crippen LogP) is 11.0. The largest absolute Gasteiger partial charge is 0.455 e. The minimum Gasteiger partial charge on any atom is -0.455 e. The lowest BCUT2D eigenvalue weighted by Crippen LogP contribution is -2.06. The molecular formula is C43H26N4O. The molecule has 0 fully saturated rings. The van der Waals surface area contributed by atoms with E-state index in [1.54, 1.807) is 0 Å². The fourth-order valence-electron chi connectivity index (χ4n) is 6.82. The van der Waals surface area contributed by atoms with Crippen molar-refractivity contribution in [1.82, 2.24) is 19.5 Å². The number of para-hydroxylation sites is 3. The van der Waals surface area contributed by atoms with Gasteiger partial charge in [0.25, 0.3) is 0 Å². The standard InChI is InChI=1S/C43H26N4O/c1-2-13-28(14-3-1)41-44-42(46-43(45-41)47-36-21-8-6-16-32(36)33-17-7-9-22-37(33)47)35-20-10-19-34-39-31(18-11-23-38(39)48-40(34)35)30-25-24-27-12-4-5-15-29(27)26-30/h1-26H/i1D,2D,3D,13D,14D. The number of nitrogens with zero attached hydrogens (tertiary/aromatic N) is 4. The van der Waals surface area contributed by atoms with Gasteiger partial charge in [-0.2, -0.15) is 9.97 Å². The van der Waals surface area contributed by atoms with E-state index in [-0.39, 0.29) is 23.2 Å². The lowest BCUT2D eigenvalue weighted by molar-refractivity contribution is 0.669. The number of aromatic nitrogens is 4. The second-order valence-corrected chi connectivity index (χ2v) is 11.7. The van der Waals surface area contributed by atoms with E-state index >= 15 is 0 Å². The summed E-state index contributed by atoms with van der Waals surface area (Å²) in [6.07, 6.45) is 0. The van der Waals surface area contributed by atoms with Gasteiger partial charge in [0.15, 0.2) is 11.6 Å². The van der Waals surface area contributed by atoms with Crippen molar-refractivity contribution >= 4 is 54.5 Å². The summed E-state index contributed by atoms with van der Waals surface area (Å²) in [6, 6.07) is 40.2. The predicted molar refractivity (Wildman–Crippen MR) is 195 cm³/mol. The first kappa shape index (κ1) is 22.0. The first-order chi connectivity index (χ1) is 25.9. The molecule has 48 heavy (non-hydrogen) atoms. The third-order valence-corrected chi connectivity index (χ3v) is 8.95. The van der Waals surface area contributed by atoms with Gasteiger partial charge < -0.3 is 4.42 Å². The first-order valence-corrected chi connectivity index (χ1v) is 15.6. The zero-order valence-electron chi connectivity index (χ0n) is 30.3. The van der Waals surface area contributed by atoms with E-state index in [0.29, 0.717) is 16.7 Å². The Morgan fingerprint density at radius 1 is 0.521 bits per heavy atom. The summed E-state index contributed by atoms with van der Waals surface area (Å²) in [4.78, 5) is 14.8. The van der Waals surface area contributed by atoms with Crippen LogP contribution in [0.3, 0.4) is 0 Å². The Morgan fingerprint density at radius 2 is 1.19 bits per heavy atom. The number of hydrogen-bond acceptors (Lipinski definition) is 4. The van der Waals surface area contributed by atoms with Crippen LogP contribution in [0.15, 0.2) is 162 Å². The minimum atomic E-state index is -0.491. The van der Waals surface area contributed by atoms with Gasteiger partial charge in [0.1, 0.15) is 11.2 Å². The monoisotopic (exact) mass is 619 g/mol. The van der Waals surface area contributed by atoms with E-state index in [1.165, 1.54) is 0 Å². The summed E-state index contributed by atoms with van der Waals surface area (Å²) in [5.74, 6) is 0.420. The average Bonchev–Trinajstić information content (AvgIpc) is 3.75. The molecule has 0 aliphatic heterocycles. The molecule has 5 heteroatoms. The highest BCUT2D eigenvalue weighted by atomic mass is 16.3. The van der Waals surface area contributed by atoms with Gasteiger partial charge in [0.2, 0.25) is 5.95 Å². The summed E-state index contributed by atoms with van der Waals surface area (Å²) < 4.78 is 51.2. The number of benzene rings is 7. The Labute approximate surface area is 282 Å². The molecule has 0 saturated carbocycles. The van der Waals surface area contributed by atoms with Crippen molar-refractivity contribution in [2.75, 3.05) is 0 Å². The number of furan rings is 1. The topological polar surface area (TPSA) is 56.7 Å². The first-order valence-electron chi connectivity index (χ1n) is 18.1. The highest BCUT2D eigenvalue weighted by Gasteiger charge is 2.21. The van der Waals surface area contributed by atoms with Crippen molar-refractivity contribution in [1.29, 1.82) is 0 Å². The van der Waals surface area contributed by atoms with Crippen LogP contribution in [0.25, 0.3) is 94.4 Å². The number of hydrogen-bond donors (Lipinski definition) is 0. The van der Waals surface area contributed by atoms with E-state index < -0.39 is 30.2 Å². The fourth-order valence-corrected chi connectivity index (χ4v) is 6.82.